The third-order valence-corrected chi connectivity index (χ3v) is 6.10. The van der Waals surface area contributed by atoms with Crippen molar-refractivity contribution in [2.24, 2.45) is 0 Å². The Hall–Kier alpha value is -4.78. The number of methoxy groups -OCH3 is 3. The molecule has 0 aliphatic heterocycles. The molecule has 4 aromatic carbocycles. The summed E-state index contributed by atoms with van der Waals surface area (Å²) in [6.45, 7) is 0.168. The molecular formula is C30H26N2O5. The Morgan fingerprint density at radius 3 is 2.32 bits per heavy atom. The minimum atomic E-state index is -0.286. The van der Waals surface area contributed by atoms with Crippen molar-refractivity contribution in [3.8, 4) is 28.4 Å². The first kappa shape index (κ1) is 23.9. The van der Waals surface area contributed by atoms with Crippen molar-refractivity contribution < 1.29 is 23.4 Å². The zero-order valence-corrected chi connectivity index (χ0v) is 20.8. The number of fused-ring (bicyclic) bond motifs is 1. The summed E-state index contributed by atoms with van der Waals surface area (Å²) in [4.78, 5) is 20.0. The third kappa shape index (κ3) is 4.97. The Bertz CT molecular complexity index is 1540. The summed E-state index contributed by atoms with van der Waals surface area (Å²) in [7, 11) is 4.74. The molecule has 7 heteroatoms. The van der Waals surface area contributed by atoms with Crippen LogP contribution in [-0.2, 0) is 6.54 Å². The van der Waals surface area contributed by atoms with Crippen LogP contribution in [-0.4, -0.2) is 32.2 Å². The number of carbonyl (C=O) groups excluding carboxylic acids is 1. The first-order chi connectivity index (χ1) is 18.1. The summed E-state index contributed by atoms with van der Waals surface area (Å²) >= 11 is 0. The molecule has 0 aliphatic rings. The Balaban J connectivity index is 1.58. The van der Waals surface area contributed by atoms with E-state index in [4.69, 9.17) is 23.6 Å². The largest absolute Gasteiger partial charge is 0.497 e. The number of hydrogen-bond acceptors (Lipinski definition) is 6. The SMILES string of the molecule is COc1cccc(C(=O)N(Cc2ccc(OC)cc2OC)c2nc3cc(-c4ccccc4)ccc3o2)c1. The van der Waals surface area contributed by atoms with E-state index in [0.717, 1.165) is 16.7 Å². The van der Waals surface area contributed by atoms with E-state index >= 15 is 0 Å². The third-order valence-electron chi connectivity index (χ3n) is 6.10. The lowest BCUT2D eigenvalue weighted by Gasteiger charge is -2.21. The van der Waals surface area contributed by atoms with Gasteiger partial charge in [-0.3, -0.25) is 9.69 Å². The minimum Gasteiger partial charge on any atom is -0.497 e. The van der Waals surface area contributed by atoms with Crippen LogP contribution >= 0.6 is 0 Å². The summed E-state index contributed by atoms with van der Waals surface area (Å²) in [6, 6.07) is 28.5. The molecule has 0 spiro atoms. The lowest BCUT2D eigenvalue weighted by molar-refractivity contribution is 0.0979. The molecule has 7 nitrogen and oxygen atoms in total. The number of oxazole rings is 1. The highest BCUT2D eigenvalue weighted by Crippen LogP contribution is 2.32. The van der Waals surface area contributed by atoms with Gasteiger partial charge in [-0.2, -0.15) is 4.98 Å². The quantitative estimate of drug-likeness (QED) is 0.250. The number of benzene rings is 4. The average molecular weight is 495 g/mol. The highest BCUT2D eigenvalue weighted by Gasteiger charge is 2.25. The van der Waals surface area contributed by atoms with Gasteiger partial charge in [-0.05, 0) is 53.6 Å². The van der Waals surface area contributed by atoms with Crippen molar-refractivity contribution >= 4 is 23.0 Å². The van der Waals surface area contributed by atoms with Crippen molar-refractivity contribution in [3.63, 3.8) is 0 Å². The Morgan fingerprint density at radius 2 is 1.57 bits per heavy atom. The van der Waals surface area contributed by atoms with E-state index in [2.05, 4.69) is 0 Å². The molecule has 1 heterocycles. The molecule has 1 aromatic heterocycles. The second-order valence-corrected chi connectivity index (χ2v) is 8.35. The van der Waals surface area contributed by atoms with Gasteiger partial charge in [0.05, 0.1) is 27.9 Å². The molecular weight excluding hydrogens is 468 g/mol. The highest BCUT2D eigenvalue weighted by atomic mass is 16.5. The number of nitrogens with zero attached hydrogens (tertiary/aromatic N) is 2. The number of carbonyl (C=O) groups is 1. The molecule has 0 radical (unpaired) electrons. The van der Waals surface area contributed by atoms with Gasteiger partial charge in [0.25, 0.3) is 5.91 Å². The van der Waals surface area contributed by atoms with Gasteiger partial charge in [-0.1, -0.05) is 42.5 Å². The Kier molecular flexibility index (Phi) is 6.76. The fraction of sp³-hybridized carbons (Fsp3) is 0.133. The van der Waals surface area contributed by atoms with Crippen LogP contribution in [0, 0.1) is 0 Å². The molecule has 0 unspecified atom stereocenters. The number of ether oxygens (including phenoxy) is 3. The van der Waals surface area contributed by atoms with Crippen molar-refractivity contribution in [1.82, 2.24) is 4.98 Å². The van der Waals surface area contributed by atoms with Crippen molar-refractivity contribution in [1.29, 1.82) is 0 Å². The Labute approximate surface area is 214 Å². The molecule has 0 N–H and O–H groups in total. The van der Waals surface area contributed by atoms with Gasteiger partial charge < -0.3 is 18.6 Å². The van der Waals surface area contributed by atoms with Crippen molar-refractivity contribution in [2.75, 3.05) is 26.2 Å². The zero-order chi connectivity index (χ0) is 25.8. The van der Waals surface area contributed by atoms with Crippen LogP contribution in [0.1, 0.15) is 15.9 Å². The summed E-state index contributed by atoms with van der Waals surface area (Å²) in [6.07, 6.45) is 0. The lowest BCUT2D eigenvalue weighted by atomic mass is 10.1. The van der Waals surface area contributed by atoms with E-state index in [0.29, 0.717) is 33.9 Å². The van der Waals surface area contributed by atoms with E-state index < -0.39 is 0 Å². The van der Waals surface area contributed by atoms with Crippen LogP contribution in [0.25, 0.3) is 22.2 Å². The maximum Gasteiger partial charge on any atom is 0.305 e. The molecule has 186 valence electrons. The first-order valence-electron chi connectivity index (χ1n) is 11.7. The monoisotopic (exact) mass is 494 g/mol. The minimum absolute atomic E-state index is 0.168. The normalized spacial score (nSPS) is 10.8. The Morgan fingerprint density at radius 1 is 0.784 bits per heavy atom. The number of aromatic nitrogens is 1. The smallest absolute Gasteiger partial charge is 0.305 e. The predicted molar refractivity (Wildman–Crippen MR) is 142 cm³/mol. The van der Waals surface area contributed by atoms with Crippen LogP contribution in [0.5, 0.6) is 17.2 Å². The van der Waals surface area contributed by atoms with E-state index in [1.165, 1.54) is 4.90 Å². The van der Waals surface area contributed by atoms with E-state index in [1.54, 1.807) is 51.7 Å². The number of amides is 1. The molecule has 0 atom stereocenters. The zero-order valence-electron chi connectivity index (χ0n) is 20.8. The number of anilines is 1. The molecule has 0 saturated carbocycles. The molecule has 37 heavy (non-hydrogen) atoms. The summed E-state index contributed by atoms with van der Waals surface area (Å²) in [5, 5.41) is 0. The molecule has 0 aliphatic carbocycles. The maximum absolute atomic E-state index is 13.8. The van der Waals surface area contributed by atoms with Gasteiger partial charge in [0.15, 0.2) is 5.58 Å². The number of rotatable bonds is 8. The van der Waals surface area contributed by atoms with Gasteiger partial charge >= 0.3 is 6.01 Å². The first-order valence-corrected chi connectivity index (χ1v) is 11.7. The summed E-state index contributed by atoms with van der Waals surface area (Å²) < 4.78 is 22.3. The van der Waals surface area contributed by atoms with E-state index in [1.807, 2.05) is 60.7 Å². The average Bonchev–Trinajstić information content (AvgIpc) is 3.39. The van der Waals surface area contributed by atoms with Gasteiger partial charge in [-0.15, -0.1) is 0 Å². The molecule has 0 saturated heterocycles. The van der Waals surface area contributed by atoms with Crippen LogP contribution in [0.15, 0.2) is 95.4 Å². The molecule has 0 fully saturated rings. The van der Waals surface area contributed by atoms with E-state index in [-0.39, 0.29) is 18.5 Å². The second kappa shape index (κ2) is 10.5. The maximum atomic E-state index is 13.8. The van der Waals surface area contributed by atoms with Gasteiger partial charge in [0.2, 0.25) is 0 Å². The van der Waals surface area contributed by atoms with Gasteiger partial charge in [0, 0.05) is 17.2 Å². The van der Waals surface area contributed by atoms with Crippen molar-refractivity contribution in [2.45, 2.75) is 6.54 Å². The number of hydrogen-bond donors (Lipinski definition) is 0. The molecule has 0 bridgehead atoms. The van der Waals surface area contributed by atoms with Crippen LogP contribution in [0.3, 0.4) is 0 Å². The standard InChI is InChI=1S/C30H26N2O5/c1-34-24-11-7-10-22(16-24)29(33)32(19-23-12-14-25(35-2)18-28(23)36-3)30-31-26-17-21(13-15-27(26)37-30)20-8-5-4-6-9-20/h4-18H,19H2,1-3H3. The fourth-order valence-electron chi connectivity index (χ4n) is 4.13. The topological polar surface area (TPSA) is 74.0 Å². The fourth-order valence-corrected chi connectivity index (χ4v) is 4.13. The van der Waals surface area contributed by atoms with Crippen LogP contribution in [0.4, 0.5) is 6.01 Å². The molecule has 1 amide bonds. The highest BCUT2D eigenvalue weighted by molar-refractivity contribution is 6.05. The lowest BCUT2D eigenvalue weighted by Crippen LogP contribution is -2.31. The van der Waals surface area contributed by atoms with Gasteiger partial charge in [-0.25, -0.2) is 0 Å². The predicted octanol–water partition coefficient (Wildman–Crippen LogP) is 6.37. The van der Waals surface area contributed by atoms with Crippen LogP contribution < -0.4 is 19.1 Å². The summed E-state index contributed by atoms with van der Waals surface area (Å²) in [5.41, 5.74) is 4.53. The van der Waals surface area contributed by atoms with Gasteiger partial charge in [0.1, 0.15) is 22.8 Å². The second-order valence-electron chi connectivity index (χ2n) is 8.35. The molecule has 5 aromatic rings. The summed E-state index contributed by atoms with van der Waals surface area (Å²) in [5.74, 6) is 1.54. The molecule has 5 rings (SSSR count). The van der Waals surface area contributed by atoms with Crippen LogP contribution in [0.2, 0.25) is 0 Å². The van der Waals surface area contributed by atoms with Crippen molar-refractivity contribution in [3.05, 3.63) is 102 Å². The van der Waals surface area contributed by atoms with E-state index in [9.17, 15) is 4.79 Å².